The lowest BCUT2D eigenvalue weighted by atomic mass is 9.78. The Morgan fingerprint density at radius 3 is 2.21 bits per heavy atom. The Kier molecular flexibility index (Phi) is 5.24. The second kappa shape index (κ2) is 7.56. The summed E-state index contributed by atoms with van der Waals surface area (Å²) in [5.41, 5.74) is 1.02. The molecule has 1 heterocycles. The number of morpholine rings is 1. The van der Waals surface area contributed by atoms with Crippen LogP contribution in [0.1, 0.15) is 22.3 Å². The van der Waals surface area contributed by atoms with Crippen molar-refractivity contribution in [2.75, 3.05) is 26.3 Å². The highest BCUT2D eigenvalue weighted by atomic mass is 16.5. The van der Waals surface area contributed by atoms with E-state index in [9.17, 15) is 4.79 Å². The third-order valence-electron chi connectivity index (χ3n) is 4.65. The molecular weight excluding hydrogens is 298 g/mol. The van der Waals surface area contributed by atoms with Crippen molar-refractivity contribution in [3.05, 3.63) is 84.4 Å². The van der Waals surface area contributed by atoms with Crippen LogP contribution in [-0.2, 0) is 10.3 Å². The lowest BCUT2D eigenvalue weighted by molar-refractivity contribution is -0.0160. The molecule has 124 valence electrons. The first-order valence-corrected chi connectivity index (χ1v) is 8.38. The smallest absolute Gasteiger partial charge is 0.187 e. The molecule has 1 fully saturated rings. The minimum atomic E-state index is -0.728. The van der Waals surface area contributed by atoms with Crippen molar-refractivity contribution in [1.29, 1.82) is 0 Å². The number of ketones is 1. The molecular formula is C21H23NO2. The van der Waals surface area contributed by atoms with Gasteiger partial charge in [0, 0.05) is 18.7 Å². The van der Waals surface area contributed by atoms with Gasteiger partial charge in [0.05, 0.1) is 13.2 Å². The van der Waals surface area contributed by atoms with Gasteiger partial charge in [0.1, 0.15) is 5.54 Å². The lowest BCUT2D eigenvalue weighted by Gasteiger charge is -2.44. The molecule has 0 aliphatic carbocycles. The van der Waals surface area contributed by atoms with Crippen LogP contribution in [0.3, 0.4) is 0 Å². The number of carbonyl (C=O) groups excluding carboxylic acids is 1. The Morgan fingerprint density at radius 1 is 1.04 bits per heavy atom. The Labute approximate surface area is 143 Å². The van der Waals surface area contributed by atoms with Gasteiger partial charge < -0.3 is 4.74 Å². The van der Waals surface area contributed by atoms with E-state index in [1.54, 1.807) is 0 Å². The third-order valence-corrected chi connectivity index (χ3v) is 4.65. The van der Waals surface area contributed by atoms with Crippen LogP contribution < -0.4 is 0 Å². The van der Waals surface area contributed by atoms with Gasteiger partial charge in [-0.3, -0.25) is 9.69 Å². The molecule has 3 nitrogen and oxygen atoms in total. The van der Waals surface area contributed by atoms with E-state index in [-0.39, 0.29) is 5.78 Å². The average Bonchev–Trinajstić information content (AvgIpc) is 2.68. The molecule has 1 unspecified atom stereocenters. The van der Waals surface area contributed by atoms with Crippen molar-refractivity contribution in [3.8, 4) is 0 Å². The van der Waals surface area contributed by atoms with Gasteiger partial charge in [0.2, 0.25) is 0 Å². The zero-order valence-electron chi connectivity index (χ0n) is 13.9. The summed E-state index contributed by atoms with van der Waals surface area (Å²) in [4.78, 5) is 15.9. The summed E-state index contributed by atoms with van der Waals surface area (Å²) >= 11 is 0. The number of ether oxygens (including phenoxy) is 1. The Bertz CT molecular complexity index is 677. The summed E-state index contributed by atoms with van der Waals surface area (Å²) in [6.45, 7) is 6.70. The fraction of sp³-hybridized carbons (Fsp3) is 0.286. The maximum atomic E-state index is 13.6. The molecule has 2 aromatic carbocycles. The molecule has 1 aliphatic rings. The van der Waals surface area contributed by atoms with Crippen molar-refractivity contribution in [2.45, 2.75) is 12.0 Å². The fourth-order valence-electron chi connectivity index (χ4n) is 3.49. The summed E-state index contributed by atoms with van der Waals surface area (Å²) in [5.74, 6) is 0.121. The quantitative estimate of drug-likeness (QED) is 0.600. The standard InChI is InChI=1S/C21H23NO2/c1-2-13-21(19-11-7-4-8-12-19,22-14-16-24-17-15-22)20(23)18-9-5-3-6-10-18/h2-12H,1,13-17H2. The number of benzene rings is 2. The molecule has 0 aromatic heterocycles. The van der Waals surface area contributed by atoms with Crippen molar-refractivity contribution in [1.82, 2.24) is 4.90 Å². The molecule has 0 saturated carbocycles. The second-order valence-electron chi connectivity index (χ2n) is 6.01. The number of carbonyl (C=O) groups is 1. The fourth-order valence-corrected chi connectivity index (χ4v) is 3.49. The molecule has 0 spiro atoms. The molecule has 0 radical (unpaired) electrons. The molecule has 3 heteroatoms. The van der Waals surface area contributed by atoms with Gasteiger partial charge in [0.15, 0.2) is 5.78 Å². The molecule has 3 rings (SSSR count). The largest absolute Gasteiger partial charge is 0.379 e. The highest BCUT2D eigenvalue weighted by molar-refractivity contribution is 6.04. The molecule has 1 aliphatic heterocycles. The first kappa shape index (κ1) is 16.6. The molecule has 1 atom stereocenters. The van der Waals surface area contributed by atoms with Crippen LogP contribution in [-0.4, -0.2) is 37.0 Å². The van der Waals surface area contributed by atoms with Crippen molar-refractivity contribution < 1.29 is 9.53 Å². The van der Waals surface area contributed by atoms with Crippen LogP contribution in [0.15, 0.2) is 73.3 Å². The van der Waals surface area contributed by atoms with E-state index >= 15 is 0 Å². The van der Waals surface area contributed by atoms with Gasteiger partial charge in [-0.15, -0.1) is 6.58 Å². The number of hydrogen-bond acceptors (Lipinski definition) is 3. The van der Waals surface area contributed by atoms with E-state index in [0.717, 1.165) is 24.2 Å². The first-order valence-electron chi connectivity index (χ1n) is 8.38. The molecule has 0 N–H and O–H groups in total. The predicted molar refractivity (Wildman–Crippen MR) is 96.1 cm³/mol. The van der Waals surface area contributed by atoms with Gasteiger partial charge in [-0.1, -0.05) is 66.7 Å². The second-order valence-corrected chi connectivity index (χ2v) is 6.01. The number of Topliss-reactive ketones (excluding diaryl/α,β-unsaturated/α-hetero) is 1. The van der Waals surface area contributed by atoms with E-state index < -0.39 is 5.54 Å². The summed E-state index contributed by atoms with van der Waals surface area (Å²) in [6, 6.07) is 19.6. The van der Waals surface area contributed by atoms with Crippen LogP contribution in [0.2, 0.25) is 0 Å². The Hall–Kier alpha value is -2.23. The van der Waals surface area contributed by atoms with Crippen LogP contribution >= 0.6 is 0 Å². The first-order chi connectivity index (χ1) is 11.8. The van der Waals surface area contributed by atoms with Gasteiger partial charge in [-0.25, -0.2) is 0 Å². The topological polar surface area (TPSA) is 29.5 Å². The molecule has 24 heavy (non-hydrogen) atoms. The van der Waals surface area contributed by atoms with E-state index in [1.807, 2.05) is 66.7 Å². The summed E-state index contributed by atoms with van der Waals surface area (Å²) < 4.78 is 5.52. The van der Waals surface area contributed by atoms with Gasteiger partial charge in [-0.2, -0.15) is 0 Å². The molecule has 0 bridgehead atoms. The Balaban J connectivity index is 2.14. The van der Waals surface area contributed by atoms with Crippen molar-refractivity contribution in [3.63, 3.8) is 0 Å². The van der Waals surface area contributed by atoms with Crippen molar-refractivity contribution in [2.24, 2.45) is 0 Å². The van der Waals surface area contributed by atoms with Crippen LogP contribution in [0.4, 0.5) is 0 Å². The van der Waals surface area contributed by atoms with E-state index in [1.165, 1.54) is 0 Å². The zero-order chi connectivity index (χ0) is 16.8. The van der Waals surface area contributed by atoms with Crippen molar-refractivity contribution >= 4 is 5.78 Å². The summed E-state index contributed by atoms with van der Waals surface area (Å²) in [5, 5.41) is 0. The van der Waals surface area contributed by atoms with Gasteiger partial charge in [-0.05, 0) is 12.0 Å². The molecule has 2 aromatic rings. The summed E-state index contributed by atoms with van der Waals surface area (Å²) in [7, 11) is 0. The van der Waals surface area contributed by atoms with Crippen LogP contribution in [0, 0.1) is 0 Å². The minimum Gasteiger partial charge on any atom is -0.379 e. The van der Waals surface area contributed by atoms with Gasteiger partial charge >= 0.3 is 0 Å². The highest BCUT2D eigenvalue weighted by Gasteiger charge is 2.45. The molecule has 0 amide bonds. The van der Waals surface area contributed by atoms with E-state index in [0.29, 0.717) is 19.6 Å². The third kappa shape index (κ3) is 3.05. The normalized spacial score (nSPS) is 17.8. The maximum Gasteiger partial charge on any atom is 0.187 e. The predicted octanol–water partition coefficient (Wildman–Crippen LogP) is 3.67. The highest BCUT2D eigenvalue weighted by Crippen LogP contribution is 2.37. The maximum absolute atomic E-state index is 13.6. The summed E-state index contributed by atoms with van der Waals surface area (Å²) in [6.07, 6.45) is 2.42. The number of hydrogen-bond donors (Lipinski definition) is 0. The minimum absolute atomic E-state index is 0.121. The lowest BCUT2D eigenvalue weighted by Crippen LogP contribution is -2.55. The Morgan fingerprint density at radius 2 is 1.62 bits per heavy atom. The van der Waals surface area contributed by atoms with Crippen LogP contribution in [0.25, 0.3) is 0 Å². The van der Waals surface area contributed by atoms with Gasteiger partial charge in [0.25, 0.3) is 0 Å². The monoisotopic (exact) mass is 321 g/mol. The van der Waals surface area contributed by atoms with E-state index in [4.69, 9.17) is 4.74 Å². The van der Waals surface area contributed by atoms with Crippen LogP contribution in [0.5, 0.6) is 0 Å². The number of nitrogens with zero attached hydrogens (tertiary/aromatic N) is 1. The molecule has 1 saturated heterocycles. The zero-order valence-corrected chi connectivity index (χ0v) is 13.9. The van der Waals surface area contributed by atoms with E-state index in [2.05, 4.69) is 11.5 Å². The SMILES string of the molecule is C=CCC(C(=O)c1ccccc1)(c1ccccc1)N1CCOCC1. The average molecular weight is 321 g/mol. The number of rotatable bonds is 6.